The van der Waals surface area contributed by atoms with E-state index < -0.39 is 38.3 Å². The molecule has 0 saturated carbocycles. The third-order valence-corrected chi connectivity index (χ3v) is 7.22. The Kier molecular flexibility index (Phi) is 6.60. The first-order chi connectivity index (χ1) is 15.2. The molecule has 0 spiro atoms. The molecule has 0 unspecified atom stereocenters. The van der Waals surface area contributed by atoms with Gasteiger partial charge in [0.05, 0.1) is 11.3 Å². The van der Waals surface area contributed by atoms with E-state index in [1.807, 2.05) is 0 Å². The zero-order chi connectivity index (χ0) is 24.7. The fourth-order valence-corrected chi connectivity index (χ4v) is 5.40. The number of carbonyl (C=O) groups is 2. The average molecular weight is 522 g/mol. The van der Waals surface area contributed by atoms with Gasteiger partial charge in [-0.05, 0) is 49.4 Å². The summed E-state index contributed by atoms with van der Waals surface area (Å²) in [5.74, 6) is -3.52. The van der Waals surface area contributed by atoms with Crippen molar-refractivity contribution >= 4 is 56.2 Å². The first kappa shape index (κ1) is 24.7. The summed E-state index contributed by atoms with van der Waals surface area (Å²) >= 11 is 6.65. The summed E-state index contributed by atoms with van der Waals surface area (Å²) in [5.41, 5.74) is -0.322. The summed E-state index contributed by atoms with van der Waals surface area (Å²) in [5, 5.41) is 7.00. The Morgan fingerprint density at radius 3 is 2.42 bits per heavy atom. The van der Waals surface area contributed by atoms with Gasteiger partial charge < -0.3 is 9.84 Å². The number of nitrogens with one attached hydrogen (secondary N) is 2. The fraction of sp³-hybridized carbons (Fsp3) is 0.211. The Hall–Kier alpha value is -2.90. The number of ketones is 1. The summed E-state index contributed by atoms with van der Waals surface area (Å²) in [4.78, 5) is 24.0. The van der Waals surface area contributed by atoms with Gasteiger partial charge in [-0.15, -0.1) is 11.3 Å². The quantitative estimate of drug-likeness (QED) is 0.435. The van der Waals surface area contributed by atoms with Gasteiger partial charge in [-0.3, -0.25) is 9.59 Å². The Morgan fingerprint density at radius 2 is 1.85 bits per heavy atom. The zero-order valence-electron chi connectivity index (χ0n) is 17.1. The van der Waals surface area contributed by atoms with Crippen LogP contribution in [0.25, 0.3) is 0 Å². The fourth-order valence-electron chi connectivity index (χ4n) is 2.91. The van der Waals surface area contributed by atoms with Gasteiger partial charge in [-0.2, -0.15) is 13.2 Å². The molecule has 0 saturated heterocycles. The maximum Gasteiger partial charge on any atom is 0.454 e. The predicted octanol–water partition coefficient (Wildman–Crippen LogP) is 5.11. The standard InChI is InChI=1S/C19H15ClF3N3O5S2/c1-8-6-9(2)14(11(7-8)16(27)19(21,22)23)24-17(28)15-12(4-5-32-15)33(29,30)26-18-13(20)10(3)25-31-18/h4-7,26H,1-3H3,(H,24,28). The molecule has 2 N–H and O–H groups in total. The van der Waals surface area contributed by atoms with Crippen LogP contribution in [0.15, 0.2) is 33.0 Å². The number of sulfonamides is 1. The summed E-state index contributed by atoms with van der Waals surface area (Å²) in [6.45, 7) is 4.40. The molecule has 2 aromatic heterocycles. The monoisotopic (exact) mass is 521 g/mol. The highest BCUT2D eigenvalue weighted by molar-refractivity contribution is 7.93. The summed E-state index contributed by atoms with van der Waals surface area (Å²) in [7, 11) is -4.38. The molecule has 14 heteroatoms. The van der Waals surface area contributed by atoms with E-state index in [1.54, 1.807) is 0 Å². The minimum atomic E-state index is -5.17. The van der Waals surface area contributed by atoms with Crippen LogP contribution in [-0.2, 0) is 10.0 Å². The lowest BCUT2D eigenvalue weighted by Gasteiger charge is -2.16. The highest BCUT2D eigenvalue weighted by atomic mass is 35.5. The van der Waals surface area contributed by atoms with Crippen LogP contribution in [0.2, 0.25) is 5.02 Å². The van der Waals surface area contributed by atoms with E-state index in [1.165, 1.54) is 32.2 Å². The summed E-state index contributed by atoms with van der Waals surface area (Å²) < 4.78 is 71.7. The van der Waals surface area contributed by atoms with Crippen molar-refractivity contribution in [3.05, 3.63) is 55.9 Å². The van der Waals surface area contributed by atoms with Crippen LogP contribution in [0.4, 0.5) is 24.7 Å². The number of anilines is 2. The molecule has 1 amide bonds. The van der Waals surface area contributed by atoms with Gasteiger partial charge >= 0.3 is 6.18 Å². The highest BCUT2D eigenvalue weighted by Gasteiger charge is 2.41. The molecular formula is C19H15ClF3N3O5S2. The molecule has 0 fully saturated rings. The van der Waals surface area contributed by atoms with E-state index in [0.717, 1.165) is 23.5 Å². The normalized spacial score (nSPS) is 12.0. The van der Waals surface area contributed by atoms with Crippen molar-refractivity contribution < 1.29 is 35.7 Å². The van der Waals surface area contributed by atoms with Crippen molar-refractivity contribution in [2.45, 2.75) is 31.8 Å². The van der Waals surface area contributed by atoms with Crippen LogP contribution in [0.1, 0.15) is 36.9 Å². The maximum atomic E-state index is 13.1. The SMILES string of the molecule is Cc1cc(C)c(NC(=O)c2sccc2S(=O)(=O)Nc2onc(C)c2Cl)c(C(=O)C(F)(F)F)c1. The van der Waals surface area contributed by atoms with Gasteiger partial charge in [-0.25, -0.2) is 13.1 Å². The second kappa shape index (κ2) is 8.80. The molecule has 0 aliphatic carbocycles. The van der Waals surface area contributed by atoms with Gasteiger partial charge in [-0.1, -0.05) is 22.8 Å². The Balaban J connectivity index is 1.98. The van der Waals surface area contributed by atoms with Crippen molar-refractivity contribution in [2.24, 2.45) is 0 Å². The number of hydrogen-bond acceptors (Lipinski definition) is 7. The van der Waals surface area contributed by atoms with E-state index in [2.05, 4.69) is 15.2 Å². The molecule has 0 aliphatic rings. The van der Waals surface area contributed by atoms with Crippen LogP contribution in [0.5, 0.6) is 0 Å². The molecule has 8 nitrogen and oxygen atoms in total. The second-order valence-corrected chi connectivity index (χ2v) is 9.86. The number of Topliss-reactive ketones (excluding diaryl/α,β-unsaturated/α-hetero) is 1. The van der Waals surface area contributed by atoms with Crippen LogP contribution in [0.3, 0.4) is 0 Å². The number of carbonyl (C=O) groups excluding carboxylic acids is 2. The molecule has 1 aromatic carbocycles. The largest absolute Gasteiger partial charge is 0.454 e. The number of alkyl halides is 3. The average Bonchev–Trinajstić information content (AvgIpc) is 3.32. The van der Waals surface area contributed by atoms with E-state index in [9.17, 15) is 31.2 Å². The molecule has 0 bridgehead atoms. The maximum absolute atomic E-state index is 13.1. The number of halogens is 4. The molecule has 3 aromatic rings. The number of thiophene rings is 1. The Bertz CT molecular complexity index is 1360. The van der Waals surface area contributed by atoms with Gasteiger partial charge in [0, 0.05) is 0 Å². The lowest BCUT2D eigenvalue weighted by Crippen LogP contribution is -2.26. The lowest BCUT2D eigenvalue weighted by atomic mass is 10.0. The predicted molar refractivity (Wildman–Crippen MR) is 116 cm³/mol. The zero-order valence-corrected chi connectivity index (χ0v) is 19.5. The van der Waals surface area contributed by atoms with Gasteiger partial charge in [0.1, 0.15) is 20.5 Å². The number of amides is 1. The number of rotatable bonds is 6. The molecular weight excluding hydrogens is 507 g/mol. The van der Waals surface area contributed by atoms with Gasteiger partial charge in [0.25, 0.3) is 27.6 Å². The molecule has 33 heavy (non-hydrogen) atoms. The second-order valence-electron chi connectivity index (χ2n) is 6.92. The first-order valence-electron chi connectivity index (χ1n) is 8.98. The third kappa shape index (κ3) is 5.04. The highest BCUT2D eigenvalue weighted by Crippen LogP contribution is 2.33. The molecule has 0 aliphatic heterocycles. The Morgan fingerprint density at radius 1 is 1.18 bits per heavy atom. The molecule has 3 rings (SSSR count). The minimum Gasteiger partial charge on any atom is -0.336 e. The minimum absolute atomic E-state index is 0.0783. The number of aryl methyl sites for hydroxylation is 3. The van der Waals surface area contributed by atoms with Gasteiger partial charge in [0.2, 0.25) is 0 Å². The lowest BCUT2D eigenvalue weighted by molar-refractivity contribution is -0.0884. The third-order valence-electron chi connectivity index (χ3n) is 4.36. The molecule has 0 radical (unpaired) electrons. The van der Waals surface area contributed by atoms with E-state index in [-0.39, 0.29) is 32.7 Å². The van der Waals surface area contributed by atoms with Crippen LogP contribution in [0, 0.1) is 20.8 Å². The molecule has 176 valence electrons. The van der Waals surface area contributed by atoms with Crippen molar-refractivity contribution in [3.63, 3.8) is 0 Å². The van der Waals surface area contributed by atoms with Crippen LogP contribution < -0.4 is 10.0 Å². The van der Waals surface area contributed by atoms with Crippen molar-refractivity contribution in [3.8, 4) is 0 Å². The smallest absolute Gasteiger partial charge is 0.336 e. The van der Waals surface area contributed by atoms with E-state index in [4.69, 9.17) is 16.1 Å². The van der Waals surface area contributed by atoms with Crippen molar-refractivity contribution in [1.82, 2.24) is 5.16 Å². The van der Waals surface area contributed by atoms with Crippen molar-refractivity contribution in [2.75, 3.05) is 10.0 Å². The van der Waals surface area contributed by atoms with Crippen LogP contribution >= 0.6 is 22.9 Å². The number of benzene rings is 1. The van der Waals surface area contributed by atoms with E-state index >= 15 is 0 Å². The Labute approximate surface area is 194 Å². The first-order valence-corrected chi connectivity index (χ1v) is 11.7. The van der Waals surface area contributed by atoms with Crippen LogP contribution in [-0.4, -0.2) is 31.4 Å². The molecule has 0 atom stereocenters. The summed E-state index contributed by atoms with van der Waals surface area (Å²) in [6, 6.07) is 3.60. The number of nitrogens with zero attached hydrogens (tertiary/aromatic N) is 1. The topological polar surface area (TPSA) is 118 Å². The van der Waals surface area contributed by atoms with Crippen molar-refractivity contribution in [1.29, 1.82) is 0 Å². The van der Waals surface area contributed by atoms with E-state index in [0.29, 0.717) is 5.56 Å². The van der Waals surface area contributed by atoms with Gasteiger partial charge in [0.15, 0.2) is 0 Å². The summed E-state index contributed by atoms with van der Waals surface area (Å²) in [6.07, 6.45) is -5.17. The number of aromatic nitrogens is 1. The number of hydrogen-bond donors (Lipinski definition) is 2. The molecule has 2 heterocycles.